The number of carbonyl (C=O) groups excluding carboxylic acids is 1. The molecule has 0 saturated carbocycles. The Balaban J connectivity index is 2.17. The molecule has 0 N–H and O–H groups in total. The summed E-state index contributed by atoms with van der Waals surface area (Å²) in [6.07, 6.45) is 1.42. The molecule has 2 aromatic rings. The van der Waals surface area contributed by atoms with Crippen molar-refractivity contribution < 1.29 is 18.6 Å². The highest BCUT2D eigenvalue weighted by molar-refractivity contribution is 6.07. The molecule has 0 fully saturated rings. The van der Waals surface area contributed by atoms with E-state index in [1.165, 1.54) is 12.3 Å². The van der Waals surface area contributed by atoms with Gasteiger partial charge < -0.3 is 8.83 Å². The van der Waals surface area contributed by atoms with E-state index in [2.05, 4.69) is 11.8 Å². The summed E-state index contributed by atoms with van der Waals surface area (Å²) in [4.78, 5) is 21.0. The minimum Gasteiger partial charge on any atom is -0.456 e. The number of Topliss-reactive ketones (excluding diaryl/α,β-unsaturated/α-hetero) is 1. The van der Waals surface area contributed by atoms with Gasteiger partial charge in [0.25, 0.3) is 5.78 Å². The summed E-state index contributed by atoms with van der Waals surface area (Å²) >= 11 is 0. The van der Waals surface area contributed by atoms with Crippen molar-refractivity contribution in [1.29, 1.82) is 0 Å². The Hall–Kier alpha value is -2.81. The predicted octanol–water partition coefficient (Wildman–Crippen LogP) is 2.02. The van der Waals surface area contributed by atoms with E-state index in [4.69, 9.17) is 8.83 Å². The largest absolute Gasteiger partial charge is 0.456 e. The Labute approximate surface area is 95.0 Å². The van der Waals surface area contributed by atoms with Gasteiger partial charge in [-0.05, 0) is 30.0 Å². The first-order valence-electron chi connectivity index (χ1n) is 4.51. The van der Waals surface area contributed by atoms with E-state index in [9.17, 15) is 14.9 Å². The molecule has 0 amide bonds. The Kier molecular flexibility index (Phi) is 2.75. The standard InChI is InChI=1S/C11H5NO5/c13-9(4-3-8-2-1-7-16-8)10-5-6-11(17-10)12(14)15/h1-2,5-7H. The molecule has 2 heterocycles. The van der Waals surface area contributed by atoms with Crippen molar-refractivity contribution in [2.24, 2.45) is 0 Å². The summed E-state index contributed by atoms with van der Waals surface area (Å²) in [6, 6.07) is 5.52. The van der Waals surface area contributed by atoms with Crippen LogP contribution in [0.15, 0.2) is 39.4 Å². The van der Waals surface area contributed by atoms with Gasteiger partial charge in [0.05, 0.1) is 12.3 Å². The van der Waals surface area contributed by atoms with Gasteiger partial charge in [-0.15, -0.1) is 0 Å². The maximum absolute atomic E-state index is 11.4. The molecule has 2 aromatic heterocycles. The van der Waals surface area contributed by atoms with Gasteiger partial charge >= 0.3 is 5.88 Å². The highest BCUT2D eigenvalue weighted by atomic mass is 16.6. The summed E-state index contributed by atoms with van der Waals surface area (Å²) in [5.41, 5.74) is 0. The van der Waals surface area contributed by atoms with Crippen LogP contribution < -0.4 is 0 Å². The van der Waals surface area contributed by atoms with E-state index in [-0.39, 0.29) is 5.76 Å². The smallest absolute Gasteiger partial charge is 0.433 e. The molecule has 17 heavy (non-hydrogen) atoms. The van der Waals surface area contributed by atoms with Crippen LogP contribution in [0.5, 0.6) is 0 Å². The lowest BCUT2D eigenvalue weighted by atomic mass is 10.3. The molecule has 6 nitrogen and oxygen atoms in total. The molecular formula is C11H5NO5. The van der Waals surface area contributed by atoms with E-state index in [1.54, 1.807) is 12.1 Å². The topological polar surface area (TPSA) is 86.5 Å². The molecule has 0 atom stereocenters. The third-order valence-electron chi connectivity index (χ3n) is 1.82. The van der Waals surface area contributed by atoms with Gasteiger partial charge in [0.15, 0.2) is 11.5 Å². The number of furan rings is 2. The number of nitrogens with zero attached hydrogens (tertiary/aromatic N) is 1. The van der Waals surface area contributed by atoms with Crippen molar-refractivity contribution in [2.75, 3.05) is 0 Å². The Morgan fingerprint density at radius 3 is 2.76 bits per heavy atom. The number of hydrogen-bond donors (Lipinski definition) is 0. The quantitative estimate of drug-likeness (QED) is 0.341. The third-order valence-corrected chi connectivity index (χ3v) is 1.82. The number of rotatable bonds is 2. The van der Waals surface area contributed by atoms with Gasteiger partial charge in [-0.2, -0.15) is 0 Å². The van der Waals surface area contributed by atoms with Crippen LogP contribution in [0.4, 0.5) is 5.88 Å². The Bertz CT molecular complexity index is 612. The minimum absolute atomic E-state index is 0.171. The summed E-state index contributed by atoms with van der Waals surface area (Å²) in [5.74, 6) is 3.75. The second kappa shape index (κ2) is 4.37. The molecule has 0 aliphatic heterocycles. The molecule has 6 heteroatoms. The zero-order chi connectivity index (χ0) is 12.3. The second-order valence-electron chi connectivity index (χ2n) is 2.95. The first-order valence-corrected chi connectivity index (χ1v) is 4.51. The first-order chi connectivity index (χ1) is 8.16. The van der Waals surface area contributed by atoms with E-state index >= 15 is 0 Å². The van der Waals surface area contributed by atoms with Gasteiger partial charge in [-0.25, -0.2) is 0 Å². The molecule has 0 aliphatic rings. The normalized spacial score (nSPS) is 9.41. The van der Waals surface area contributed by atoms with Crippen molar-refractivity contribution in [3.05, 3.63) is 52.2 Å². The van der Waals surface area contributed by atoms with Crippen molar-refractivity contribution in [2.45, 2.75) is 0 Å². The van der Waals surface area contributed by atoms with Crippen molar-refractivity contribution in [3.8, 4) is 11.8 Å². The van der Waals surface area contributed by atoms with E-state index in [0.717, 1.165) is 6.07 Å². The fourth-order valence-electron chi connectivity index (χ4n) is 1.08. The van der Waals surface area contributed by atoms with Crippen LogP contribution >= 0.6 is 0 Å². The molecule has 0 radical (unpaired) electrons. The maximum Gasteiger partial charge on any atom is 0.433 e. The molecule has 0 bridgehead atoms. The molecule has 0 unspecified atom stereocenters. The average molecular weight is 231 g/mol. The zero-order valence-electron chi connectivity index (χ0n) is 8.38. The van der Waals surface area contributed by atoms with Gasteiger partial charge in [0, 0.05) is 0 Å². The van der Waals surface area contributed by atoms with Crippen LogP contribution in [-0.2, 0) is 0 Å². The van der Waals surface area contributed by atoms with Crippen LogP contribution in [0.1, 0.15) is 16.3 Å². The van der Waals surface area contributed by atoms with Crippen LogP contribution in [0, 0.1) is 22.0 Å². The number of ketones is 1. The van der Waals surface area contributed by atoms with Crippen LogP contribution in [-0.4, -0.2) is 10.7 Å². The van der Waals surface area contributed by atoms with Crippen molar-refractivity contribution in [1.82, 2.24) is 0 Å². The summed E-state index contributed by atoms with van der Waals surface area (Å²) in [5, 5.41) is 10.3. The monoisotopic (exact) mass is 231 g/mol. The maximum atomic E-state index is 11.4. The average Bonchev–Trinajstić information content (AvgIpc) is 2.96. The number of carbonyl (C=O) groups is 1. The van der Waals surface area contributed by atoms with Gasteiger partial charge in [0.1, 0.15) is 4.92 Å². The van der Waals surface area contributed by atoms with Crippen LogP contribution in [0.3, 0.4) is 0 Å². The SMILES string of the molecule is O=C(C#Cc1ccco1)c1ccc([N+](=O)[O-])o1. The Morgan fingerprint density at radius 1 is 1.35 bits per heavy atom. The summed E-state index contributed by atoms with van der Waals surface area (Å²) in [6.45, 7) is 0. The third kappa shape index (κ3) is 2.41. The van der Waals surface area contributed by atoms with Crippen molar-refractivity contribution >= 4 is 11.7 Å². The zero-order valence-corrected chi connectivity index (χ0v) is 8.38. The van der Waals surface area contributed by atoms with E-state index in [1.807, 2.05) is 0 Å². The molecule has 0 saturated heterocycles. The molecular weight excluding hydrogens is 226 g/mol. The highest BCUT2D eigenvalue weighted by Gasteiger charge is 2.15. The lowest BCUT2D eigenvalue weighted by Crippen LogP contribution is -1.92. The number of nitro groups is 1. The van der Waals surface area contributed by atoms with Gasteiger partial charge in [-0.1, -0.05) is 0 Å². The molecule has 0 aliphatic carbocycles. The summed E-state index contributed by atoms with van der Waals surface area (Å²) in [7, 11) is 0. The molecule has 0 aromatic carbocycles. The molecule has 2 rings (SSSR count). The lowest BCUT2D eigenvalue weighted by Gasteiger charge is -1.84. The fraction of sp³-hybridized carbons (Fsp3) is 0. The van der Waals surface area contributed by atoms with E-state index in [0.29, 0.717) is 5.76 Å². The predicted molar refractivity (Wildman–Crippen MR) is 55.3 cm³/mol. The fourth-order valence-corrected chi connectivity index (χ4v) is 1.08. The highest BCUT2D eigenvalue weighted by Crippen LogP contribution is 2.15. The lowest BCUT2D eigenvalue weighted by molar-refractivity contribution is -0.402. The Morgan fingerprint density at radius 2 is 2.18 bits per heavy atom. The minimum atomic E-state index is -0.725. The molecule has 0 spiro atoms. The van der Waals surface area contributed by atoms with Gasteiger partial charge in [0.2, 0.25) is 0 Å². The van der Waals surface area contributed by atoms with E-state index < -0.39 is 16.6 Å². The molecule has 84 valence electrons. The number of hydrogen-bond acceptors (Lipinski definition) is 5. The van der Waals surface area contributed by atoms with Gasteiger partial charge in [-0.3, -0.25) is 14.9 Å². The van der Waals surface area contributed by atoms with Crippen molar-refractivity contribution in [3.63, 3.8) is 0 Å². The van der Waals surface area contributed by atoms with Crippen LogP contribution in [0.2, 0.25) is 0 Å². The first kappa shape index (κ1) is 10.7. The second-order valence-corrected chi connectivity index (χ2v) is 2.95. The van der Waals surface area contributed by atoms with Crippen LogP contribution in [0.25, 0.3) is 0 Å². The summed E-state index contributed by atoms with van der Waals surface area (Å²) < 4.78 is 9.59.